The number of rotatable bonds is 5. The van der Waals surface area contributed by atoms with Crippen LogP contribution in [-0.2, 0) is 14.3 Å². The molecule has 0 fully saturated rings. The number of para-hydroxylation sites is 1. The number of carbonyl (C=O) groups is 2. The van der Waals surface area contributed by atoms with Crippen LogP contribution in [0.1, 0.15) is 13.3 Å². The summed E-state index contributed by atoms with van der Waals surface area (Å²) in [5.41, 5.74) is 0.757. The molecule has 5 nitrogen and oxygen atoms in total. The summed E-state index contributed by atoms with van der Waals surface area (Å²) >= 11 is 1.28. The van der Waals surface area contributed by atoms with Crippen LogP contribution in [0, 0.1) is 0 Å². The van der Waals surface area contributed by atoms with Gasteiger partial charge in [-0.3, -0.25) is 9.59 Å². The minimum atomic E-state index is -1.14. The molecule has 2 N–H and O–H groups in total. The Hall–Kier alpha value is -1.53. The topological polar surface area (TPSA) is 67.4 Å². The summed E-state index contributed by atoms with van der Waals surface area (Å²) in [6.45, 7) is 2.73. The second kappa shape index (κ2) is 6.28. The van der Waals surface area contributed by atoms with Crippen LogP contribution in [0.3, 0.4) is 0 Å². The fraction of sp³-hybridized carbons (Fsp3) is 0.429. The van der Waals surface area contributed by atoms with Gasteiger partial charge in [-0.15, -0.1) is 0 Å². The molecule has 108 valence electrons. The summed E-state index contributed by atoms with van der Waals surface area (Å²) in [4.78, 5) is 25.4. The molecular weight excluding hydrogens is 276 g/mol. The van der Waals surface area contributed by atoms with Crippen molar-refractivity contribution in [3.05, 3.63) is 24.3 Å². The van der Waals surface area contributed by atoms with E-state index < -0.39 is 4.75 Å². The van der Waals surface area contributed by atoms with Crippen LogP contribution in [0.15, 0.2) is 29.2 Å². The molecule has 0 saturated carbocycles. The summed E-state index contributed by atoms with van der Waals surface area (Å²) in [6, 6.07) is 7.47. The van der Waals surface area contributed by atoms with Gasteiger partial charge < -0.3 is 15.4 Å². The molecule has 1 aliphatic rings. The molecule has 1 atom stereocenters. The number of fused-ring (bicyclic) bond motifs is 1. The molecule has 0 bridgehead atoms. The van der Waals surface area contributed by atoms with Gasteiger partial charge in [-0.25, -0.2) is 0 Å². The van der Waals surface area contributed by atoms with E-state index in [4.69, 9.17) is 4.74 Å². The standard InChI is InChI=1S/C14H18N2O3S/c1-14(12(17)15-8-5-9-19-2)13(18)16-10-6-3-4-7-11(10)20-14/h3-4,6-7H,5,8-9H2,1-2H3,(H,15,17)(H,16,18). The lowest BCUT2D eigenvalue weighted by Gasteiger charge is -2.31. The van der Waals surface area contributed by atoms with E-state index in [1.165, 1.54) is 11.8 Å². The molecule has 1 aromatic rings. The molecule has 2 rings (SSSR count). The van der Waals surface area contributed by atoms with Crippen LogP contribution in [0.25, 0.3) is 0 Å². The second-order valence-electron chi connectivity index (χ2n) is 4.69. The third-order valence-corrected chi connectivity index (χ3v) is 4.48. The lowest BCUT2D eigenvalue weighted by Crippen LogP contribution is -2.52. The number of ether oxygens (including phenoxy) is 1. The number of carbonyl (C=O) groups excluding carboxylic acids is 2. The maximum atomic E-state index is 12.3. The zero-order valence-corrected chi connectivity index (χ0v) is 12.4. The van der Waals surface area contributed by atoms with Crippen LogP contribution in [0.2, 0.25) is 0 Å². The number of benzene rings is 1. The normalized spacial score (nSPS) is 21.0. The first-order valence-corrected chi connectivity index (χ1v) is 7.26. The number of amides is 2. The van der Waals surface area contributed by atoms with Crippen molar-refractivity contribution in [2.24, 2.45) is 0 Å². The second-order valence-corrected chi connectivity index (χ2v) is 6.15. The molecule has 6 heteroatoms. The molecule has 2 amide bonds. The van der Waals surface area contributed by atoms with Gasteiger partial charge in [0.05, 0.1) is 5.69 Å². The maximum Gasteiger partial charge on any atom is 0.250 e. The lowest BCUT2D eigenvalue weighted by molar-refractivity contribution is -0.129. The third kappa shape index (κ3) is 2.96. The highest BCUT2D eigenvalue weighted by atomic mass is 32.2. The van der Waals surface area contributed by atoms with Crippen LogP contribution in [0.5, 0.6) is 0 Å². The van der Waals surface area contributed by atoms with Crippen LogP contribution in [0.4, 0.5) is 5.69 Å². The van der Waals surface area contributed by atoms with Crippen LogP contribution in [-0.4, -0.2) is 36.8 Å². The Morgan fingerprint density at radius 1 is 1.45 bits per heavy atom. The highest BCUT2D eigenvalue weighted by Gasteiger charge is 2.45. The van der Waals surface area contributed by atoms with Gasteiger partial charge in [0.15, 0.2) is 4.75 Å². The SMILES string of the molecule is COCCCNC(=O)C1(C)Sc2ccccc2NC1=O. The van der Waals surface area contributed by atoms with E-state index in [0.29, 0.717) is 13.2 Å². The van der Waals surface area contributed by atoms with Gasteiger partial charge >= 0.3 is 0 Å². The van der Waals surface area contributed by atoms with Gasteiger partial charge in [0.25, 0.3) is 0 Å². The summed E-state index contributed by atoms with van der Waals surface area (Å²) < 4.78 is 3.79. The molecule has 1 aromatic carbocycles. The lowest BCUT2D eigenvalue weighted by atomic mass is 10.1. The smallest absolute Gasteiger partial charge is 0.250 e. The Morgan fingerprint density at radius 3 is 2.95 bits per heavy atom. The van der Waals surface area contributed by atoms with E-state index in [9.17, 15) is 9.59 Å². The summed E-state index contributed by atoms with van der Waals surface area (Å²) in [5.74, 6) is -0.559. The molecule has 1 aliphatic heterocycles. The Morgan fingerprint density at radius 2 is 2.20 bits per heavy atom. The molecular formula is C14H18N2O3S. The van der Waals surface area contributed by atoms with Crippen molar-refractivity contribution >= 4 is 29.3 Å². The highest BCUT2D eigenvalue weighted by Crippen LogP contribution is 2.42. The average molecular weight is 294 g/mol. The highest BCUT2D eigenvalue weighted by molar-refractivity contribution is 8.02. The van der Waals surface area contributed by atoms with Crippen molar-refractivity contribution in [1.29, 1.82) is 0 Å². The molecule has 20 heavy (non-hydrogen) atoms. The molecule has 1 unspecified atom stereocenters. The van der Waals surface area contributed by atoms with Crippen LogP contribution >= 0.6 is 11.8 Å². The summed E-state index contributed by atoms with van der Waals surface area (Å²) in [5, 5.41) is 5.58. The third-order valence-electron chi connectivity index (χ3n) is 3.13. The first kappa shape index (κ1) is 14.9. The van der Waals surface area contributed by atoms with Crippen LogP contribution < -0.4 is 10.6 Å². The predicted octanol–water partition coefficient (Wildman–Crippen LogP) is 1.64. The van der Waals surface area contributed by atoms with Gasteiger partial charge in [0.1, 0.15) is 0 Å². The van der Waals surface area contributed by atoms with Crippen molar-refractivity contribution in [3.63, 3.8) is 0 Å². The molecule has 1 heterocycles. The van der Waals surface area contributed by atoms with Crippen molar-refractivity contribution in [2.45, 2.75) is 23.0 Å². The zero-order chi connectivity index (χ0) is 14.6. The number of anilines is 1. The van der Waals surface area contributed by atoms with E-state index in [1.807, 2.05) is 24.3 Å². The largest absolute Gasteiger partial charge is 0.385 e. The Kier molecular flexibility index (Phi) is 4.67. The number of hydrogen-bond donors (Lipinski definition) is 2. The quantitative estimate of drug-likeness (QED) is 0.640. The van der Waals surface area contributed by atoms with E-state index in [0.717, 1.165) is 17.0 Å². The van der Waals surface area contributed by atoms with Crippen molar-refractivity contribution in [3.8, 4) is 0 Å². The minimum absolute atomic E-state index is 0.273. The first-order valence-electron chi connectivity index (χ1n) is 6.44. The van der Waals surface area contributed by atoms with Gasteiger partial charge in [-0.2, -0.15) is 0 Å². The monoisotopic (exact) mass is 294 g/mol. The first-order chi connectivity index (χ1) is 9.58. The molecule has 0 aromatic heterocycles. The van der Waals surface area contributed by atoms with E-state index in [1.54, 1.807) is 14.0 Å². The Labute approximate surface area is 122 Å². The van der Waals surface area contributed by atoms with Crippen molar-refractivity contribution < 1.29 is 14.3 Å². The molecule has 0 spiro atoms. The number of thioether (sulfide) groups is 1. The Bertz CT molecular complexity index is 521. The number of hydrogen-bond acceptors (Lipinski definition) is 4. The minimum Gasteiger partial charge on any atom is -0.385 e. The van der Waals surface area contributed by atoms with Crippen molar-refractivity contribution in [2.75, 3.05) is 25.6 Å². The molecule has 0 saturated heterocycles. The fourth-order valence-electron chi connectivity index (χ4n) is 1.90. The van der Waals surface area contributed by atoms with E-state index >= 15 is 0 Å². The zero-order valence-electron chi connectivity index (χ0n) is 11.6. The van der Waals surface area contributed by atoms with E-state index in [-0.39, 0.29) is 11.8 Å². The van der Waals surface area contributed by atoms with Gasteiger partial charge in [-0.05, 0) is 25.5 Å². The number of methoxy groups -OCH3 is 1. The predicted molar refractivity (Wildman–Crippen MR) is 78.8 cm³/mol. The fourth-order valence-corrected chi connectivity index (χ4v) is 3.03. The van der Waals surface area contributed by atoms with Gasteiger partial charge in [0.2, 0.25) is 11.8 Å². The summed E-state index contributed by atoms with van der Waals surface area (Å²) in [7, 11) is 1.62. The van der Waals surface area contributed by atoms with Gasteiger partial charge in [0, 0.05) is 25.2 Å². The average Bonchev–Trinajstić information content (AvgIpc) is 2.44. The maximum absolute atomic E-state index is 12.3. The van der Waals surface area contributed by atoms with Gasteiger partial charge in [-0.1, -0.05) is 23.9 Å². The van der Waals surface area contributed by atoms with E-state index in [2.05, 4.69) is 10.6 Å². The summed E-state index contributed by atoms with van der Waals surface area (Å²) in [6.07, 6.45) is 0.723. The molecule has 0 aliphatic carbocycles. The van der Waals surface area contributed by atoms with Crippen molar-refractivity contribution in [1.82, 2.24) is 5.32 Å². The molecule has 0 radical (unpaired) electrons. The number of nitrogens with one attached hydrogen (secondary N) is 2. The Balaban J connectivity index is 2.06.